The molecular formula is C10H9N3O. The summed E-state index contributed by atoms with van der Waals surface area (Å²) in [6.07, 6.45) is 2.59. The van der Waals surface area contributed by atoms with Crippen LogP contribution in [0.1, 0.15) is 12.6 Å². The Morgan fingerprint density at radius 2 is 2.36 bits per heavy atom. The van der Waals surface area contributed by atoms with Gasteiger partial charge in [-0.05, 0) is 18.9 Å². The molecule has 0 spiro atoms. The molecule has 0 fully saturated rings. The number of aromatic nitrogens is 3. The molecule has 1 atom stereocenters. The minimum absolute atomic E-state index is 0.636. The first-order valence-corrected chi connectivity index (χ1v) is 4.25. The number of aromatic amines is 1. The lowest BCUT2D eigenvalue weighted by Gasteiger charge is -1.92. The van der Waals surface area contributed by atoms with Crippen LogP contribution in [0, 0.1) is 11.8 Å². The van der Waals surface area contributed by atoms with Crippen molar-refractivity contribution in [2.45, 2.75) is 13.0 Å². The first-order chi connectivity index (χ1) is 6.77. The molecule has 0 amide bonds. The van der Waals surface area contributed by atoms with Gasteiger partial charge < -0.3 is 10.1 Å². The van der Waals surface area contributed by atoms with Crippen molar-refractivity contribution >= 4 is 11.0 Å². The van der Waals surface area contributed by atoms with E-state index in [0.717, 1.165) is 11.0 Å². The summed E-state index contributed by atoms with van der Waals surface area (Å²) in [7, 11) is 0. The van der Waals surface area contributed by atoms with Crippen LogP contribution in [0.3, 0.4) is 0 Å². The predicted molar refractivity (Wildman–Crippen MR) is 52.4 cm³/mol. The zero-order valence-corrected chi connectivity index (χ0v) is 7.65. The molecule has 2 rings (SSSR count). The van der Waals surface area contributed by atoms with E-state index in [9.17, 15) is 0 Å². The van der Waals surface area contributed by atoms with Gasteiger partial charge in [-0.2, -0.15) is 0 Å². The van der Waals surface area contributed by atoms with E-state index < -0.39 is 6.10 Å². The summed E-state index contributed by atoms with van der Waals surface area (Å²) < 4.78 is 0. The van der Waals surface area contributed by atoms with Gasteiger partial charge in [0.25, 0.3) is 0 Å². The molecule has 2 N–H and O–H groups in total. The minimum Gasteiger partial charge on any atom is -0.381 e. The van der Waals surface area contributed by atoms with Gasteiger partial charge in [0.1, 0.15) is 23.8 Å². The van der Waals surface area contributed by atoms with Gasteiger partial charge in [0.15, 0.2) is 0 Å². The normalized spacial score (nSPS) is 12.1. The van der Waals surface area contributed by atoms with E-state index in [2.05, 4.69) is 26.8 Å². The maximum absolute atomic E-state index is 9.01. The Kier molecular flexibility index (Phi) is 2.17. The first-order valence-electron chi connectivity index (χ1n) is 4.25. The largest absolute Gasteiger partial charge is 0.381 e. The van der Waals surface area contributed by atoms with Crippen LogP contribution in [-0.2, 0) is 0 Å². The number of hydrogen-bond acceptors (Lipinski definition) is 3. The smallest absolute Gasteiger partial charge is 0.141 e. The number of aliphatic hydroxyl groups is 1. The third-order valence-electron chi connectivity index (χ3n) is 1.75. The number of aliphatic hydroxyl groups excluding tert-OH is 1. The minimum atomic E-state index is -0.640. The zero-order valence-electron chi connectivity index (χ0n) is 7.65. The van der Waals surface area contributed by atoms with Gasteiger partial charge in [0.05, 0.1) is 5.39 Å². The van der Waals surface area contributed by atoms with E-state index in [0.29, 0.717) is 5.69 Å². The van der Waals surface area contributed by atoms with Crippen LogP contribution in [0.2, 0.25) is 0 Å². The quantitative estimate of drug-likeness (QED) is 0.596. The fourth-order valence-electron chi connectivity index (χ4n) is 1.14. The lowest BCUT2D eigenvalue weighted by molar-refractivity contribution is 0.253. The topological polar surface area (TPSA) is 61.8 Å². The number of nitrogens with one attached hydrogen (secondary N) is 1. The van der Waals surface area contributed by atoms with Crippen molar-refractivity contribution < 1.29 is 5.11 Å². The Hall–Kier alpha value is -1.86. The SMILES string of the molecule is C[C@@H](O)C#Cc1ncnc2[nH]ccc12. The van der Waals surface area contributed by atoms with Crippen molar-refractivity contribution in [2.24, 2.45) is 0 Å². The van der Waals surface area contributed by atoms with E-state index >= 15 is 0 Å². The highest BCUT2D eigenvalue weighted by molar-refractivity contribution is 5.80. The molecule has 0 unspecified atom stereocenters. The maximum Gasteiger partial charge on any atom is 0.141 e. The maximum atomic E-state index is 9.01. The Morgan fingerprint density at radius 1 is 1.50 bits per heavy atom. The molecule has 0 aliphatic carbocycles. The zero-order chi connectivity index (χ0) is 9.97. The highest BCUT2D eigenvalue weighted by atomic mass is 16.3. The second-order valence-electron chi connectivity index (χ2n) is 2.91. The van der Waals surface area contributed by atoms with E-state index in [4.69, 9.17) is 5.11 Å². The van der Waals surface area contributed by atoms with Gasteiger partial charge in [-0.15, -0.1) is 0 Å². The Balaban J connectivity index is 2.53. The van der Waals surface area contributed by atoms with Gasteiger partial charge in [0, 0.05) is 6.20 Å². The Labute approximate surface area is 81.0 Å². The van der Waals surface area contributed by atoms with Gasteiger partial charge in [-0.25, -0.2) is 9.97 Å². The average molecular weight is 187 g/mol. The lowest BCUT2D eigenvalue weighted by atomic mass is 10.2. The van der Waals surface area contributed by atoms with Crippen LogP contribution < -0.4 is 0 Å². The van der Waals surface area contributed by atoms with Crippen LogP contribution in [-0.4, -0.2) is 26.2 Å². The van der Waals surface area contributed by atoms with Gasteiger partial charge in [-0.3, -0.25) is 0 Å². The standard InChI is InChI=1S/C10H9N3O/c1-7(14)2-3-9-8-4-5-11-10(8)13-6-12-9/h4-7,14H,1H3,(H,11,12,13)/t7-/m1/s1. The van der Waals surface area contributed by atoms with Crippen LogP contribution >= 0.6 is 0 Å². The summed E-state index contributed by atoms with van der Waals surface area (Å²) in [5, 5.41) is 9.89. The first kappa shape index (κ1) is 8.73. The van der Waals surface area contributed by atoms with Crippen LogP contribution in [0.4, 0.5) is 0 Å². The molecular weight excluding hydrogens is 178 g/mol. The highest BCUT2D eigenvalue weighted by Crippen LogP contribution is 2.10. The molecule has 14 heavy (non-hydrogen) atoms. The Morgan fingerprint density at radius 3 is 3.14 bits per heavy atom. The molecule has 4 nitrogen and oxygen atoms in total. The molecule has 2 aromatic rings. The van der Waals surface area contributed by atoms with E-state index in [1.165, 1.54) is 6.33 Å². The van der Waals surface area contributed by atoms with E-state index in [1.54, 1.807) is 13.1 Å². The molecule has 0 radical (unpaired) electrons. The van der Waals surface area contributed by atoms with Crippen molar-refractivity contribution in [1.82, 2.24) is 15.0 Å². The number of hydrogen-bond donors (Lipinski definition) is 2. The fourth-order valence-corrected chi connectivity index (χ4v) is 1.14. The van der Waals surface area contributed by atoms with Crippen molar-refractivity contribution in [2.75, 3.05) is 0 Å². The van der Waals surface area contributed by atoms with Crippen molar-refractivity contribution in [3.8, 4) is 11.8 Å². The summed E-state index contributed by atoms with van der Waals surface area (Å²) in [6, 6.07) is 1.86. The van der Waals surface area contributed by atoms with Crippen LogP contribution in [0.5, 0.6) is 0 Å². The number of fused-ring (bicyclic) bond motifs is 1. The molecule has 70 valence electrons. The number of nitrogens with zero attached hydrogens (tertiary/aromatic N) is 2. The van der Waals surface area contributed by atoms with Gasteiger partial charge in [-0.1, -0.05) is 5.92 Å². The second-order valence-corrected chi connectivity index (χ2v) is 2.91. The molecule has 4 heteroatoms. The van der Waals surface area contributed by atoms with Gasteiger partial charge in [0.2, 0.25) is 0 Å². The highest BCUT2D eigenvalue weighted by Gasteiger charge is 2.00. The molecule has 0 aliphatic heterocycles. The van der Waals surface area contributed by atoms with Crippen molar-refractivity contribution in [1.29, 1.82) is 0 Å². The molecule has 0 aromatic carbocycles. The third kappa shape index (κ3) is 1.58. The molecule has 2 heterocycles. The monoisotopic (exact) mass is 187 g/mol. The van der Waals surface area contributed by atoms with Crippen LogP contribution in [0.15, 0.2) is 18.6 Å². The number of H-pyrrole nitrogens is 1. The Bertz CT molecular complexity index is 505. The summed E-state index contributed by atoms with van der Waals surface area (Å²) in [5.74, 6) is 5.45. The van der Waals surface area contributed by atoms with Crippen molar-refractivity contribution in [3.63, 3.8) is 0 Å². The van der Waals surface area contributed by atoms with Crippen LogP contribution in [0.25, 0.3) is 11.0 Å². The molecule has 0 saturated heterocycles. The molecule has 2 aromatic heterocycles. The molecule has 0 bridgehead atoms. The van der Waals surface area contributed by atoms with Crippen molar-refractivity contribution in [3.05, 3.63) is 24.3 Å². The van der Waals surface area contributed by atoms with E-state index in [1.807, 2.05) is 6.07 Å². The summed E-state index contributed by atoms with van der Waals surface area (Å²) >= 11 is 0. The average Bonchev–Trinajstić information content (AvgIpc) is 2.62. The summed E-state index contributed by atoms with van der Waals surface area (Å²) in [5.41, 5.74) is 1.40. The predicted octanol–water partition coefficient (Wildman–Crippen LogP) is 0.690. The van der Waals surface area contributed by atoms with E-state index in [-0.39, 0.29) is 0 Å². The summed E-state index contributed by atoms with van der Waals surface area (Å²) in [6.45, 7) is 1.61. The third-order valence-corrected chi connectivity index (χ3v) is 1.75. The fraction of sp³-hybridized carbons (Fsp3) is 0.200. The second kappa shape index (κ2) is 3.48. The summed E-state index contributed by atoms with van der Waals surface area (Å²) in [4.78, 5) is 11.0. The molecule has 0 saturated carbocycles. The number of rotatable bonds is 0. The van der Waals surface area contributed by atoms with Gasteiger partial charge >= 0.3 is 0 Å². The lowest BCUT2D eigenvalue weighted by Crippen LogP contribution is -1.94. The molecule has 0 aliphatic rings.